The molecule has 11 rings (SSSR count). The van der Waals surface area contributed by atoms with E-state index in [0.29, 0.717) is 5.82 Å². The molecule has 0 saturated carbocycles. The van der Waals surface area contributed by atoms with Crippen LogP contribution in [0.2, 0.25) is 0 Å². The molecule has 0 aliphatic carbocycles. The Hall–Kier alpha value is -7.56. The minimum absolute atomic E-state index is 0.684. The van der Waals surface area contributed by atoms with Crippen LogP contribution in [-0.2, 0) is 0 Å². The Kier molecular flexibility index (Phi) is 7.46. The summed E-state index contributed by atoms with van der Waals surface area (Å²) in [4.78, 5) is 10.8. The number of hydrogen-bond acceptors (Lipinski definition) is 2. The van der Waals surface area contributed by atoms with Crippen molar-refractivity contribution in [3.63, 3.8) is 0 Å². The average molecular weight is 715 g/mol. The van der Waals surface area contributed by atoms with E-state index in [4.69, 9.17) is 9.97 Å². The van der Waals surface area contributed by atoms with E-state index in [-0.39, 0.29) is 0 Å². The second kappa shape index (κ2) is 13.1. The van der Waals surface area contributed by atoms with Gasteiger partial charge in [0, 0.05) is 38.7 Å². The Morgan fingerprint density at radius 3 is 1.64 bits per heavy atom. The highest BCUT2D eigenvalue weighted by Crippen LogP contribution is 2.42. The first-order chi connectivity index (χ1) is 27.8. The molecule has 3 aromatic heterocycles. The fraction of sp³-hybridized carbons (Fsp3) is 0. The Morgan fingerprint density at radius 2 is 0.893 bits per heavy atom. The van der Waals surface area contributed by atoms with Gasteiger partial charge in [-0.3, -0.25) is 4.57 Å². The van der Waals surface area contributed by atoms with E-state index in [1.807, 2.05) is 0 Å². The van der Waals surface area contributed by atoms with E-state index >= 15 is 0 Å². The van der Waals surface area contributed by atoms with Gasteiger partial charge in [-0.2, -0.15) is 0 Å². The van der Waals surface area contributed by atoms with Crippen LogP contribution in [0.1, 0.15) is 0 Å². The third kappa shape index (κ3) is 5.15. The summed E-state index contributed by atoms with van der Waals surface area (Å²) in [5, 5.41) is 4.60. The van der Waals surface area contributed by atoms with Crippen molar-refractivity contribution in [3.05, 3.63) is 206 Å². The Balaban J connectivity index is 1.17. The predicted octanol–water partition coefficient (Wildman–Crippen LogP) is 13.3. The summed E-state index contributed by atoms with van der Waals surface area (Å²) >= 11 is 0. The van der Waals surface area contributed by atoms with Crippen LogP contribution in [0.5, 0.6) is 0 Å². The molecule has 0 bridgehead atoms. The number of fused-ring (bicyclic) bond motifs is 6. The number of rotatable bonds is 6. The third-order valence-electron chi connectivity index (χ3n) is 10.9. The highest BCUT2D eigenvalue weighted by Gasteiger charge is 2.22. The van der Waals surface area contributed by atoms with Gasteiger partial charge >= 0.3 is 0 Å². The van der Waals surface area contributed by atoms with Crippen LogP contribution < -0.4 is 0 Å². The largest absolute Gasteiger partial charge is 0.309 e. The van der Waals surface area contributed by atoms with Gasteiger partial charge in [0.25, 0.3) is 0 Å². The van der Waals surface area contributed by atoms with Crippen molar-refractivity contribution in [1.29, 1.82) is 0 Å². The Bertz CT molecular complexity index is 3220. The maximum absolute atomic E-state index is 5.43. The summed E-state index contributed by atoms with van der Waals surface area (Å²) in [6.45, 7) is 0. The van der Waals surface area contributed by atoms with Crippen molar-refractivity contribution in [2.24, 2.45) is 0 Å². The van der Waals surface area contributed by atoms with Gasteiger partial charge in [-0.25, -0.2) is 9.97 Å². The lowest BCUT2D eigenvalue weighted by atomic mass is 9.96. The summed E-state index contributed by atoms with van der Waals surface area (Å²) in [6, 6.07) is 73.1. The number of para-hydroxylation sites is 3. The first-order valence-corrected chi connectivity index (χ1v) is 19.0. The zero-order valence-corrected chi connectivity index (χ0v) is 30.4. The smallest absolute Gasteiger partial charge is 0.162 e. The van der Waals surface area contributed by atoms with Crippen LogP contribution in [0.3, 0.4) is 0 Å². The van der Waals surface area contributed by atoms with Gasteiger partial charge in [0.2, 0.25) is 0 Å². The van der Waals surface area contributed by atoms with Crippen molar-refractivity contribution >= 4 is 43.7 Å². The molecule has 0 radical (unpaired) electrons. The number of nitrogens with zero attached hydrogens (tertiary/aromatic N) is 4. The lowest BCUT2D eigenvalue weighted by Gasteiger charge is -2.12. The topological polar surface area (TPSA) is 35.6 Å². The van der Waals surface area contributed by atoms with Crippen molar-refractivity contribution < 1.29 is 0 Å². The lowest BCUT2D eigenvalue weighted by molar-refractivity contribution is 1.11. The molecule has 0 amide bonds. The zero-order chi connectivity index (χ0) is 37.0. The third-order valence-corrected chi connectivity index (χ3v) is 10.9. The fourth-order valence-electron chi connectivity index (χ4n) is 8.43. The monoisotopic (exact) mass is 714 g/mol. The minimum atomic E-state index is 0.684. The maximum Gasteiger partial charge on any atom is 0.162 e. The van der Waals surface area contributed by atoms with Gasteiger partial charge in [-0.15, -0.1) is 0 Å². The molecule has 3 heterocycles. The van der Waals surface area contributed by atoms with Gasteiger partial charge in [0.05, 0.1) is 27.6 Å². The van der Waals surface area contributed by atoms with Crippen molar-refractivity contribution in [2.45, 2.75) is 0 Å². The van der Waals surface area contributed by atoms with Crippen LogP contribution >= 0.6 is 0 Å². The lowest BCUT2D eigenvalue weighted by Crippen LogP contribution is -1.99. The zero-order valence-electron chi connectivity index (χ0n) is 30.4. The average Bonchev–Trinajstić information content (AvgIpc) is 3.80. The minimum Gasteiger partial charge on any atom is -0.309 e. The van der Waals surface area contributed by atoms with E-state index in [9.17, 15) is 0 Å². The molecule has 0 atom stereocenters. The van der Waals surface area contributed by atoms with Crippen molar-refractivity contribution in [3.8, 4) is 56.3 Å². The number of benzene rings is 8. The molecular formula is C52H34N4. The molecule has 11 aromatic rings. The van der Waals surface area contributed by atoms with Crippen LogP contribution in [0.4, 0.5) is 0 Å². The van der Waals surface area contributed by atoms with E-state index < -0.39 is 0 Å². The molecule has 8 aromatic carbocycles. The van der Waals surface area contributed by atoms with E-state index in [1.54, 1.807) is 0 Å². The highest BCUT2D eigenvalue weighted by molar-refractivity contribution is 6.17. The predicted molar refractivity (Wildman–Crippen MR) is 232 cm³/mol. The maximum atomic E-state index is 5.43. The molecule has 56 heavy (non-hydrogen) atoms. The highest BCUT2D eigenvalue weighted by atomic mass is 15.1. The molecule has 0 aliphatic rings. The molecule has 0 N–H and O–H groups in total. The number of aromatic nitrogens is 4. The summed E-state index contributed by atoms with van der Waals surface area (Å²) in [7, 11) is 0. The molecule has 0 spiro atoms. The van der Waals surface area contributed by atoms with Gasteiger partial charge in [0.15, 0.2) is 5.82 Å². The van der Waals surface area contributed by atoms with Crippen molar-refractivity contribution in [1.82, 2.24) is 19.1 Å². The van der Waals surface area contributed by atoms with Gasteiger partial charge in [0.1, 0.15) is 5.65 Å². The number of hydrogen-bond donors (Lipinski definition) is 0. The fourth-order valence-corrected chi connectivity index (χ4v) is 8.43. The molecule has 0 aliphatic heterocycles. The standard InChI is InChI=1S/C52H34N4/c1-5-17-35(18-6-1)37-31-32-46-44(34-37)48-42(28-16-30-47(48)55(46)40-23-9-3-10-24-40)38-21-15-22-39(33-38)51-53-50(36-19-7-2-8-20-36)49-43-27-13-14-29-45(43)56(52(49)54-51)41-25-11-4-12-26-41/h1-34H. The van der Waals surface area contributed by atoms with Gasteiger partial charge in [-0.05, 0) is 76.9 Å². The SMILES string of the molecule is c1ccc(-c2ccc3c(c2)c2c(-c4cccc(-c5nc(-c6ccccc6)c6c7ccccc7n(-c7ccccc7)c6n5)c4)cccc2n3-c2ccccc2)cc1. The summed E-state index contributed by atoms with van der Waals surface area (Å²) < 4.78 is 4.66. The van der Waals surface area contributed by atoms with Crippen LogP contribution in [0.15, 0.2) is 206 Å². The Labute approximate surface area is 324 Å². The second-order valence-electron chi connectivity index (χ2n) is 14.2. The molecule has 0 fully saturated rings. The summed E-state index contributed by atoms with van der Waals surface area (Å²) in [6.07, 6.45) is 0. The normalized spacial score (nSPS) is 11.6. The van der Waals surface area contributed by atoms with Gasteiger partial charge in [-0.1, -0.05) is 152 Å². The molecule has 262 valence electrons. The van der Waals surface area contributed by atoms with Crippen LogP contribution in [0, 0.1) is 0 Å². The molecule has 4 nitrogen and oxygen atoms in total. The molecule has 4 heteroatoms. The first kappa shape index (κ1) is 31.9. The van der Waals surface area contributed by atoms with E-state index in [0.717, 1.165) is 66.8 Å². The summed E-state index contributed by atoms with van der Waals surface area (Å²) in [5.41, 5.74) is 14.1. The molecule has 0 unspecified atom stereocenters. The Morgan fingerprint density at radius 1 is 0.321 bits per heavy atom. The van der Waals surface area contributed by atoms with Crippen LogP contribution in [-0.4, -0.2) is 19.1 Å². The second-order valence-corrected chi connectivity index (χ2v) is 14.2. The van der Waals surface area contributed by atoms with Crippen molar-refractivity contribution in [2.75, 3.05) is 0 Å². The van der Waals surface area contributed by atoms with Gasteiger partial charge < -0.3 is 4.57 Å². The molecule has 0 saturated heterocycles. The quantitative estimate of drug-likeness (QED) is 0.172. The van der Waals surface area contributed by atoms with E-state index in [2.05, 4.69) is 215 Å². The molecular weight excluding hydrogens is 681 g/mol. The van der Waals surface area contributed by atoms with E-state index in [1.165, 1.54) is 27.4 Å². The van der Waals surface area contributed by atoms with Crippen LogP contribution in [0.25, 0.3) is 100 Å². The first-order valence-electron chi connectivity index (χ1n) is 19.0. The summed E-state index contributed by atoms with van der Waals surface area (Å²) in [5.74, 6) is 0.684.